The van der Waals surface area contributed by atoms with E-state index in [4.69, 9.17) is 11.6 Å². The summed E-state index contributed by atoms with van der Waals surface area (Å²) in [7, 11) is 0. The Bertz CT molecular complexity index is 419. The van der Waals surface area contributed by atoms with Crippen LogP contribution in [0.4, 0.5) is 23.2 Å². The summed E-state index contributed by atoms with van der Waals surface area (Å²) in [5.74, 6) is -1.67. The number of alkyl halides is 3. The van der Waals surface area contributed by atoms with Crippen LogP contribution in [0, 0.1) is 11.7 Å². The van der Waals surface area contributed by atoms with Crippen molar-refractivity contribution in [1.82, 2.24) is 0 Å². The van der Waals surface area contributed by atoms with E-state index in [9.17, 15) is 17.6 Å². The third-order valence-corrected chi connectivity index (χ3v) is 3.64. The van der Waals surface area contributed by atoms with E-state index in [1.807, 2.05) is 0 Å². The molecule has 1 aliphatic carbocycles. The van der Waals surface area contributed by atoms with Gasteiger partial charge in [0.05, 0.1) is 5.92 Å². The van der Waals surface area contributed by atoms with E-state index in [1.165, 1.54) is 12.1 Å². The molecule has 0 unspecified atom stereocenters. The minimum atomic E-state index is -4.10. The first kappa shape index (κ1) is 14.4. The first-order chi connectivity index (χ1) is 8.84. The summed E-state index contributed by atoms with van der Waals surface area (Å²) in [6.07, 6.45) is -3.02. The van der Waals surface area contributed by atoms with Crippen LogP contribution in [0.15, 0.2) is 18.2 Å². The number of benzene rings is 1. The van der Waals surface area contributed by atoms with Crippen molar-refractivity contribution in [3.63, 3.8) is 0 Å². The van der Waals surface area contributed by atoms with Gasteiger partial charge in [0.25, 0.3) is 0 Å². The summed E-state index contributed by atoms with van der Waals surface area (Å²) in [5.41, 5.74) is 0.514. The van der Waals surface area contributed by atoms with E-state index in [0.29, 0.717) is 18.5 Å². The van der Waals surface area contributed by atoms with E-state index < -0.39 is 17.9 Å². The molecule has 19 heavy (non-hydrogen) atoms. The molecule has 1 N–H and O–H groups in total. The Morgan fingerprint density at radius 2 is 1.68 bits per heavy atom. The van der Waals surface area contributed by atoms with Gasteiger partial charge in [-0.1, -0.05) is 11.6 Å². The lowest BCUT2D eigenvalue weighted by molar-refractivity contribution is -0.182. The molecule has 106 valence electrons. The van der Waals surface area contributed by atoms with Gasteiger partial charge < -0.3 is 5.32 Å². The Labute approximate surface area is 113 Å². The SMILES string of the molecule is Fc1cc(Cl)cc(NC2CCC(C(F)(F)F)CC2)c1. The molecule has 6 heteroatoms. The molecule has 0 aliphatic heterocycles. The van der Waals surface area contributed by atoms with Crippen LogP contribution in [0.3, 0.4) is 0 Å². The molecule has 0 spiro atoms. The molecule has 0 saturated heterocycles. The minimum absolute atomic E-state index is 0.0588. The highest BCUT2D eigenvalue weighted by atomic mass is 35.5. The second kappa shape index (κ2) is 5.57. The Hall–Kier alpha value is -0.970. The fourth-order valence-corrected chi connectivity index (χ4v) is 2.66. The van der Waals surface area contributed by atoms with Gasteiger partial charge in [0.1, 0.15) is 5.82 Å². The van der Waals surface area contributed by atoms with Crippen LogP contribution < -0.4 is 5.32 Å². The second-order valence-electron chi connectivity index (χ2n) is 4.89. The highest BCUT2D eigenvalue weighted by Crippen LogP contribution is 2.38. The third-order valence-electron chi connectivity index (χ3n) is 3.42. The Kier molecular flexibility index (Phi) is 4.23. The Morgan fingerprint density at radius 1 is 1.05 bits per heavy atom. The van der Waals surface area contributed by atoms with Gasteiger partial charge in [-0.05, 0) is 43.9 Å². The van der Waals surface area contributed by atoms with Gasteiger partial charge in [-0.25, -0.2) is 4.39 Å². The number of hydrogen-bond acceptors (Lipinski definition) is 1. The van der Waals surface area contributed by atoms with Crippen molar-refractivity contribution in [2.24, 2.45) is 5.92 Å². The van der Waals surface area contributed by atoms with E-state index in [-0.39, 0.29) is 23.9 Å². The van der Waals surface area contributed by atoms with Crippen molar-refractivity contribution in [1.29, 1.82) is 0 Å². The molecule has 1 aromatic rings. The van der Waals surface area contributed by atoms with E-state index in [1.54, 1.807) is 6.07 Å². The van der Waals surface area contributed by atoms with Gasteiger partial charge >= 0.3 is 6.18 Å². The maximum absolute atomic E-state index is 13.1. The number of halogens is 5. The molecule has 1 aliphatic rings. The number of hydrogen-bond donors (Lipinski definition) is 1. The molecule has 1 aromatic carbocycles. The van der Waals surface area contributed by atoms with Gasteiger partial charge in [0.2, 0.25) is 0 Å². The highest BCUT2D eigenvalue weighted by Gasteiger charge is 2.41. The van der Waals surface area contributed by atoms with Gasteiger partial charge in [-0.2, -0.15) is 13.2 Å². The van der Waals surface area contributed by atoms with Gasteiger partial charge in [0, 0.05) is 16.8 Å². The topological polar surface area (TPSA) is 12.0 Å². The Morgan fingerprint density at radius 3 is 2.21 bits per heavy atom. The fourth-order valence-electron chi connectivity index (χ4n) is 2.44. The average molecular weight is 296 g/mol. The molecule has 0 heterocycles. The predicted molar refractivity (Wildman–Crippen MR) is 66.8 cm³/mol. The smallest absolute Gasteiger partial charge is 0.382 e. The van der Waals surface area contributed by atoms with Crippen molar-refractivity contribution >= 4 is 17.3 Å². The van der Waals surface area contributed by atoms with Crippen LogP contribution in [0.5, 0.6) is 0 Å². The normalized spacial score (nSPS) is 24.3. The summed E-state index contributed by atoms with van der Waals surface area (Å²) >= 11 is 5.72. The van der Waals surface area contributed by atoms with Crippen molar-refractivity contribution in [3.8, 4) is 0 Å². The van der Waals surface area contributed by atoms with Crippen LogP contribution in [0.2, 0.25) is 5.02 Å². The fraction of sp³-hybridized carbons (Fsp3) is 0.538. The first-order valence-corrected chi connectivity index (χ1v) is 6.52. The molecule has 1 nitrogen and oxygen atoms in total. The molecule has 0 amide bonds. The van der Waals surface area contributed by atoms with Crippen LogP contribution in [0.25, 0.3) is 0 Å². The molecular weight excluding hydrogens is 282 g/mol. The highest BCUT2D eigenvalue weighted by molar-refractivity contribution is 6.30. The zero-order chi connectivity index (χ0) is 14.0. The predicted octanol–water partition coefficient (Wildman–Crippen LogP) is 5.01. The third kappa shape index (κ3) is 4.00. The van der Waals surface area contributed by atoms with Crippen molar-refractivity contribution < 1.29 is 17.6 Å². The van der Waals surface area contributed by atoms with Crippen molar-refractivity contribution in [2.75, 3.05) is 5.32 Å². The van der Waals surface area contributed by atoms with Crippen LogP contribution in [0.1, 0.15) is 25.7 Å². The maximum atomic E-state index is 13.1. The van der Waals surface area contributed by atoms with Crippen LogP contribution in [-0.4, -0.2) is 12.2 Å². The van der Waals surface area contributed by atoms with E-state index in [2.05, 4.69) is 5.32 Å². The van der Waals surface area contributed by atoms with Gasteiger partial charge in [0.15, 0.2) is 0 Å². The number of rotatable bonds is 2. The minimum Gasteiger partial charge on any atom is -0.382 e. The summed E-state index contributed by atoms with van der Waals surface area (Å²) < 4.78 is 50.7. The molecular formula is C13H14ClF4N. The van der Waals surface area contributed by atoms with Gasteiger partial charge in [-0.3, -0.25) is 0 Å². The molecule has 0 atom stereocenters. The summed E-state index contributed by atoms with van der Waals surface area (Å²) in [4.78, 5) is 0. The van der Waals surface area contributed by atoms with Crippen molar-refractivity contribution in [3.05, 3.63) is 29.0 Å². The number of anilines is 1. The zero-order valence-electron chi connectivity index (χ0n) is 10.1. The quantitative estimate of drug-likeness (QED) is 0.756. The lowest BCUT2D eigenvalue weighted by atomic mass is 9.85. The second-order valence-corrected chi connectivity index (χ2v) is 5.33. The lowest BCUT2D eigenvalue weighted by Crippen LogP contribution is -2.32. The molecule has 1 fully saturated rings. The Balaban J connectivity index is 1.92. The first-order valence-electron chi connectivity index (χ1n) is 6.14. The zero-order valence-corrected chi connectivity index (χ0v) is 10.9. The molecule has 2 rings (SSSR count). The molecule has 0 bridgehead atoms. The summed E-state index contributed by atoms with van der Waals surface area (Å²) in [6.45, 7) is 0. The molecule has 0 aromatic heterocycles. The summed E-state index contributed by atoms with van der Waals surface area (Å²) in [6, 6.07) is 3.99. The molecule has 0 radical (unpaired) electrons. The van der Waals surface area contributed by atoms with Crippen LogP contribution in [-0.2, 0) is 0 Å². The standard InChI is InChI=1S/C13H14ClF4N/c14-9-5-10(15)7-12(6-9)19-11-3-1-8(2-4-11)13(16,17)18/h5-8,11,19H,1-4H2. The van der Waals surface area contributed by atoms with E-state index >= 15 is 0 Å². The van der Waals surface area contributed by atoms with Crippen LogP contribution >= 0.6 is 11.6 Å². The average Bonchev–Trinajstić information content (AvgIpc) is 2.26. The summed E-state index contributed by atoms with van der Waals surface area (Å²) in [5, 5.41) is 3.31. The number of nitrogens with one attached hydrogen (secondary N) is 1. The monoisotopic (exact) mass is 295 g/mol. The van der Waals surface area contributed by atoms with E-state index in [0.717, 1.165) is 0 Å². The maximum Gasteiger partial charge on any atom is 0.391 e. The lowest BCUT2D eigenvalue weighted by Gasteiger charge is -2.30. The largest absolute Gasteiger partial charge is 0.391 e. The van der Waals surface area contributed by atoms with Gasteiger partial charge in [-0.15, -0.1) is 0 Å². The molecule has 1 saturated carbocycles. The van der Waals surface area contributed by atoms with Crippen molar-refractivity contribution in [2.45, 2.75) is 37.9 Å².